The van der Waals surface area contributed by atoms with E-state index >= 15 is 0 Å². The largest absolute Gasteiger partial charge is 0.447 e. The van der Waals surface area contributed by atoms with Crippen molar-refractivity contribution in [3.63, 3.8) is 0 Å². The molecule has 0 aromatic heterocycles. The zero-order chi connectivity index (χ0) is 16.1. The summed E-state index contributed by atoms with van der Waals surface area (Å²) in [6, 6.07) is 16.4. The molecular formula is C18H21ClN2O3. The van der Waals surface area contributed by atoms with Gasteiger partial charge in [-0.3, -0.25) is 4.84 Å². The molecule has 1 amide bonds. The van der Waals surface area contributed by atoms with E-state index in [4.69, 9.17) is 15.3 Å². The maximum Gasteiger partial charge on any atom is 0.431 e. The lowest BCUT2D eigenvalue weighted by Gasteiger charge is -2.14. The van der Waals surface area contributed by atoms with E-state index in [2.05, 4.69) is 29.7 Å². The van der Waals surface area contributed by atoms with Gasteiger partial charge in [0.25, 0.3) is 0 Å². The normalized spacial score (nSPS) is 12.0. The summed E-state index contributed by atoms with van der Waals surface area (Å²) in [6.45, 7) is 1.17. The number of rotatable bonds is 6. The Morgan fingerprint density at radius 1 is 1.04 bits per heavy atom. The van der Waals surface area contributed by atoms with E-state index in [1.54, 1.807) is 0 Å². The number of ether oxygens (including phenoxy) is 1. The Morgan fingerprint density at radius 2 is 1.62 bits per heavy atom. The third-order valence-corrected chi connectivity index (χ3v) is 3.95. The smallest absolute Gasteiger partial charge is 0.431 e. The number of hydrogen-bond donors (Lipinski definition) is 2. The summed E-state index contributed by atoms with van der Waals surface area (Å²) in [5.74, 6) is 0.0530. The van der Waals surface area contributed by atoms with Crippen molar-refractivity contribution < 1.29 is 14.4 Å². The molecule has 0 radical (unpaired) electrons. The van der Waals surface area contributed by atoms with Crippen LogP contribution >= 0.6 is 12.4 Å². The number of hydroxylamine groups is 1. The average Bonchev–Trinajstić information content (AvgIpc) is 2.91. The fraction of sp³-hybridized carbons (Fsp3) is 0.278. The number of fused-ring (bicyclic) bond motifs is 3. The van der Waals surface area contributed by atoms with Crippen LogP contribution in [0.1, 0.15) is 23.5 Å². The van der Waals surface area contributed by atoms with E-state index in [1.165, 1.54) is 22.3 Å². The van der Waals surface area contributed by atoms with Crippen LogP contribution in [0.4, 0.5) is 4.79 Å². The van der Waals surface area contributed by atoms with Crippen molar-refractivity contribution >= 4 is 18.5 Å². The molecule has 128 valence electrons. The summed E-state index contributed by atoms with van der Waals surface area (Å²) in [5, 5.41) is 0. The highest BCUT2D eigenvalue weighted by atomic mass is 35.5. The molecule has 24 heavy (non-hydrogen) atoms. The van der Waals surface area contributed by atoms with E-state index in [1.807, 2.05) is 24.3 Å². The van der Waals surface area contributed by atoms with Gasteiger partial charge in [0, 0.05) is 5.92 Å². The minimum atomic E-state index is -0.580. The number of carbonyl (C=O) groups excluding carboxylic acids is 1. The molecule has 0 saturated heterocycles. The first kappa shape index (κ1) is 18.3. The van der Waals surface area contributed by atoms with Crippen LogP contribution < -0.4 is 11.2 Å². The summed E-state index contributed by atoms with van der Waals surface area (Å²) in [6.07, 6.45) is 0.104. The van der Waals surface area contributed by atoms with E-state index in [-0.39, 0.29) is 24.9 Å². The summed E-state index contributed by atoms with van der Waals surface area (Å²) in [7, 11) is 0. The summed E-state index contributed by atoms with van der Waals surface area (Å²) >= 11 is 0. The van der Waals surface area contributed by atoms with Crippen LogP contribution in [-0.4, -0.2) is 25.9 Å². The standard InChI is InChI=1S/C18H20N2O3.ClH/c19-10-5-11-23-20-18(21)22-12-17-15-8-3-1-6-13(15)14-7-2-4-9-16(14)17;/h1-4,6-9,17H,5,10-12,19H2,(H,20,21);1H. The Balaban J connectivity index is 0.00000208. The lowest BCUT2D eigenvalue weighted by atomic mass is 9.98. The van der Waals surface area contributed by atoms with Gasteiger partial charge in [0.15, 0.2) is 0 Å². The highest BCUT2D eigenvalue weighted by Gasteiger charge is 2.28. The molecule has 0 fully saturated rings. The fourth-order valence-corrected chi connectivity index (χ4v) is 2.89. The van der Waals surface area contributed by atoms with Crippen LogP contribution in [0, 0.1) is 0 Å². The van der Waals surface area contributed by atoms with Crippen molar-refractivity contribution in [2.24, 2.45) is 5.73 Å². The van der Waals surface area contributed by atoms with Gasteiger partial charge < -0.3 is 10.5 Å². The first-order chi connectivity index (χ1) is 11.3. The lowest BCUT2D eigenvalue weighted by molar-refractivity contribution is 0.0267. The molecule has 1 aliphatic carbocycles. The van der Waals surface area contributed by atoms with Crippen molar-refractivity contribution in [2.45, 2.75) is 12.3 Å². The number of halogens is 1. The zero-order valence-electron chi connectivity index (χ0n) is 13.2. The highest BCUT2D eigenvalue weighted by Crippen LogP contribution is 2.44. The Bertz CT molecular complexity index is 648. The second-order valence-corrected chi connectivity index (χ2v) is 5.42. The topological polar surface area (TPSA) is 73.6 Å². The maximum atomic E-state index is 11.7. The third-order valence-electron chi connectivity index (χ3n) is 3.95. The van der Waals surface area contributed by atoms with Gasteiger partial charge in [-0.15, -0.1) is 12.4 Å². The van der Waals surface area contributed by atoms with Gasteiger partial charge in [0.1, 0.15) is 6.61 Å². The zero-order valence-corrected chi connectivity index (χ0v) is 14.1. The van der Waals surface area contributed by atoms with Crippen LogP contribution in [-0.2, 0) is 9.57 Å². The quantitative estimate of drug-likeness (QED) is 0.621. The third kappa shape index (κ3) is 3.87. The van der Waals surface area contributed by atoms with Crippen molar-refractivity contribution in [1.29, 1.82) is 0 Å². The Kier molecular flexibility index (Phi) is 6.61. The summed E-state index contributed by atoms with van der Waals surface area (Å²) in [4.78, 5) is 16.7. The molecule has 3 rings (SSSR count). The summed E-state index contributed by atoms with van der Waals surface area (Å²) < 4.78 is 5.31. The molecule has 2 aromatic rings. The maximum absolute atomic E-state index is 11.7. The predicted octanol–water partition coefficient (Wildman–Crippen LogP) is 3.23. The van der Waals surface area contributed by atoms with E-state index < -0.39 is 6.09 Å². The van der Waals surface area contributed by atoms with Gasteiger partial charge >= 0.3 is 6.09 Å². The number of hydrogen-bond acceptors (Lipinski definition) is 4. The van der Waals surface area contributed by atoms with Crippen LogP contribution in [0.3, 0.4) is 0 Å². The molecule has 0 atom stereocenters. The molecule has 0 aliphatic heterocycles. The van der Waals surface area contributed by atoms with Gasteiger partial charge in [-0.25, -0.2) is 4.79 Å². The first-order valence-electron chi connectivity index (χ1n) is 7.74. The van der Waals surface area contributed by atoms with Crippen molar-refractivity contribution in [3.05, 3.63) is 59.7 Å². The first-order valence-corrected chi connectivity index (χ1v) is 7.74. The Morgan fingerprint density at radius 3 is 2.21 bits per heavy atom. The fourth-order valence-electron chi connectivity index (χ4n) is 2.89. The van der Waals surface area contributed by atoms with E-state index in [0.717, 1.165) is 0 Å². The second-order valence-electron chi connectivity index (χ2n) is 5.42. The van der Waals surface area contributed by atoms with Gasteiger partial charge in [-0.05, 0) is 35.2 Å². The monoisotopic (exact) mass is 348 g/mol. The van der Waals surface area contributed by atoms with Crippen LogP contribution in [0.5, 0.6) is 0 Å². The molecule has 6 heteroatoms. The molecule has 3 N–H and O–H groups in total. The Hall–Kier alpha value is -2.08. The van der Waals surface area contributed by atoms with Gasteiger partial charge in [-0.1, -0.05) is 48.5 Å². The summed E-state index contributed by atoms with van der Waals surface area (Å²) in [5.41, 5.74) is 12.4. The molecule has 1 aliphatic rings. The minimum absolute atomic E-state index is 0. The van der Waals surface area contributed by atoms with E-state index in [0.29, 0.717) is 19.6 Å². The van der Waals surface area contributed by atoms with Crippen LogP contribution in [0.2, 0.25) is 0 Å². The number of nitrogens with two attached hydrogens (primary N) is 1. The van der Waals surface area contributed by atoms with Crippen LogP contribution in [0.15, 0.2) is 48.5 Å². The number of carbonyl (C=O) groups is 1. The van der Waals surface area contributed by atoms with Gasteiger partial charge in [0.2, 0.25) is 0 Å². The molecule has 0 bridgehead atoms. The predicted molar refractivity (Wildman–Crippen MR) is 95.1 cm³/mol. The highest BCUT2D eigenvalue weighted by molar-refractivity contribution is 5.85. The molecule has 5 nitrogen and oxygen atoms in total. The van der Waals surface area contributed by atoms with Gasteiger partial charge in [-0.2, -0.15) is 5.48 Å². The molecule has 0 unspecified atom stereocenters. The van der Waals surface area contributed by atoms with Crippen molar-refractivity contribution in [2.75, 3.05) is 19.8 Å². The molecular weight excluding hydrogens is 328 g/mol. The number of benzene rings is 2. The van der Waals surface area contributed by atoms with Crippen molar-refractivity contribution in [3.8, 4) is 11.1 Å². The SMILES string of the molecule is Cl.NCCCONC(=O)OCC1c2ccccc2-c2ccccc21. The Labute approximate surface area is 147 Å². The number of nitrogens with one attached hydrogen (secondary N) is 1. The number of amides is 1. The minimum Gasteiger partial charge on any atom is -0.447 e. The molecule has 0 saturated carbocycles. The average molecular weight is 349 g/mol. The molecule has 0 spiro atoms. The van der Waals surface area contributed by atoms with Gasteiger partial charge in [0.05, 0.1) is 6.61 Å². The van der Waals surface area contributed by atoms with E-state index in [9.17, 15) is 4.79 Å². The second kappa shape index (κ2) is 8.68. The van der Waals surface area contributed by atoms with Crippen LogP contribution in [0.25, 0.3) is 11.1 Å². The molecule has 0 heterocycles. The van der Waals surface area contributed by atoms with Crippen molar-refractivity contribution in [1.82, 2.24) is 5.48 Å². The molecule has 2 aromatic carbocycles. The lowest BCUT2D eigenvalue weighted by Crippen LogP contribution is -2.27.